The van der Waals surface area contributed by atoms with Crippen LogP contribution in [-0.2, 0) is 0 Å². The van der Waals surface area contributed by atoms with Crippen molar-refractivity contribution < 1.29 is 10.2 Å². The Bertz CT molecular complexity index is 286. The molecular formula is C9H10FNO. The van der Waals surface area contributed by atoms with E-state index >= 15 is 0 Å². The zero-order valence-electron chi connectivity index (χ0n) is 6.40. The van der Waals surface area contributed by atoms with Gasteiger partial charge in [0.25, 0.3) is 0 Å². The molecule has 1 heterocycles. The molecule has 2 aromatic rings. The Morgan fingerprint density at radius 2 is 1.58 bits per heavy atom. The maximum Gasteiger partial charge on any atom is 0.0701 e. The van der Waals surface area contributed by atoms with Crippen molar-refractivity contribution in [2.45, 2.75) is 0 Å². The van der Waals surface area contributed by atoms with Crippen molar-refractivity contribution in [2.24, 2.45) is 0 Å². The molecule has 0 aliphatic heterocycles. The van der Waals surface area contributed by atoms with Crippen LogP contribution in [0.4, 0.5) is 4.70 Å². The molecule has 1 aromatic carbocycles. The smallest absolute Gasteiger partial charge is 0.0701 e. The van der Waals surface area contributed by atoms with Gasteiger partial charge in [-0.05, 0) is 12.1 Å². The Balaban J connectivity index is 0.000000605. The number of para-hydroxylation sites is 1. The van der Waals surface area contributed by atoms with Crippen LogP contribution >= 0.6 is 0 Å². The van der Waals surface area contributed by atoms with Gasteiger partial charge in [-0.3, -0.25) is 9.69 Å². The van der Waals surface area contributed by atoms with Crippen molar-refractivity contribution in [2.75, 3.05) is 0 Å². The van der Waals surface area contributed by atoms with Crippen molar-refractivity contribution in [1.82, 2.24) is 4.98 Å². The lowest BCUT2D eigenvalue weighted by Crippen LogP contribution is -1.73. The molecule has 2 nitrogen and oxygen atoms in total. The quantitative estimate of drug-likeness (QED) is 0.587. The second-order valence-corrected chi connectivity index (χ2v) is 2.20. The van der Waals surface area contributed by atoms with E-state index in [1.807, 2.05) is 30.5 Å². The zero-order valence-corrected chi connectivity index (χ0v) is 6.40. The SMILES string of the molecule is F.O.c1ccc2ncccc2c1. The number of pyridine rings is 1. The van der Waals surface area contributed by atoms with Crippen molar-refractivity contribution in [3.8, 4) is 0 Å². The first-order valence-corrected chi connectivity index (χ1v) is 3.26. The average Bonchev–Trinajstić information content (AvgIpc) is 2.05. The fourth-order valence-electron chi connectivity index (χ4n) is 1.02. The normalized spacial score (nSPS) is 8.33. The van der Waals surface area contributed by atoms with Crippen LogP contribution in [0.2, 0.25) is 0 Å². The van der Waals surface area contributed by atoms with E-state index in [0.717, 1.165) is 5.52 Å². The molecule has 0 fully saturated rings. The van der Waals surface area contributed by atoms with Gasteiger partial charge < -0.3 is 5.48 Å². The van der Waals surface area contributed by atoms with Crippen LogP contribution in [0.15, 0.2) is 42.6 Å². The fraction of sp³-hybridized carbons (Fsp3) is 0. The minimum atomic E-state index is 0. The Morgan fingerprint density at radius 3 is 2.33 bits per heavy atom. The Morgan fingerprint density at radius 1 is 0.917 bits per heavy atom. The second-order valence-electron chi connectivity index (χ2n) is 2.20. The summed E-state index contributed by atoms with van der Waals surface area (Å²) in [4.78, 5) is 4.18. The zero-order chi connectivity index (χ0) is 6.81. The van der Waals surface area contributed by atoms with Crippen LogP contribution in [0.1, 0.15) is 0 Å². The van der Waals surface area contributed by atoms with Crippen LogP contribution in [0, 0.1) is 0 Å². The molecule has 1 aromatic heterocycles. The summed E-state index contributed by atoms with van der Waals surface area (Å²) in [5.74, 6) is 0. The van der Waals surface area contributed by atoms with Crippen LogP contribution in [0.3, 0.4) is 0 Å². The lowest BCUT2D eigenvalue weighted by Gasteiger charge is -1.91. The molecule has 12 heavy (non-hydrogen) atoms. The lowest BCUT2D eigenvalue weighted by molar-refractivity contribution is 0.824. The van der Waals surface area contributed by atoms with E-state index in [9.17, 15) is 0 Å². The van der Waals surface area contributed by atoms with Gasteiger partial charge in [0.2, 0.25) is 0 Å². The summed E-state index contributed by atoms with van der Waals surface area (Å²) >= 11 is 0. The van der Waals surface area contributed by atoms with Gasteiger partial charge in [-0.2, -0.15) is 0 Å². The molecule has 0 aliphatic carbocycles. The van der Waals surface area contributed by atoms with Crippen molar-refractivity contribution in [3.05, 3.63) is 42.6 Å². The number of aromatic nitrogens is 1. The highest BCUT2D eigenvalue weighted by atomic mass is 19.0. The predicted octanol–water partition coefficient (Wildman–Crippen LogP) is 1.56. The summed E-state index contributed by atoms with van der Waals surface area (Å²) in [7, 11) is 0. The third kappa shape index (κ3) is 1.77. The third-order valence-electron chi connectivity index (χ3n) is 1.51. The summed E-state index contributed by atoms with van der Waals surface area (Å²) < 4.78 is 0. The van der Waals surface area contributed by atoms with Gasteiger partial charge in [0.1, 0.15) is 0 Å². The topological polar surface area (TPSA) is 44.4 Å². The molecule has 0 atom stereocenters. The summed E-state index contributed by atoms with van der Waals surface area (Å²) in [5.41, 5.74) is 1.06. The standard InChI is InChI=1S/C9H7N.FH.H2O/c1-2-6-9-8(4-1)5-3-7-10-9;;/h1-7H;1H;1H2. The molecule has 2 N–H and O–H groups in total. The minimum Gasteiger partial charge on any atom is -0.412 e. The van der Waals surface area contributed by atoms with Crippen LogP contribution in [0.5, 0.6) is 0 Å². The van der Waals surface area contributed by atoms with Crippen LogP contribution in [-0.4, -0.2) is 10.5 Å². The molecule has 0 amide bonds. The largest absolute Gasteiger partial charge is 0.412 e. The number of rotatable bonds is 0. The van der Waals surface area contributed by atoms with Gasteiger partial charge in [-0.25, -0.2) is 0 Å². The van der Waals surface area contributed by atoms with E-state index in [2.05, 4.69) is 17.1 Å². The Labute approximate surface area is 69.5 Å². The summed E-state index contributed by atoms with van der Waals surface area (Å²) in [6.45, 7) is 0. The summed E-state index contributed by atoms with van der Waals surface area (Å²) in [5, 5.41) is 1.20. The minimum absolute atomic E-state index is 0. The van der Waals surface area contributed by atoms with Gasteiger partial charge in [0, 0.05) is 11.6 Å². The maximum atomic E-state index is 4.18. The highest BCUT2D eigenvalue weighted by molar-refractivity contribution is 5.77. The van der Waals surface area contributed by atoms with Gasteiger partial charge >= 0.3 is 0 Å². The summed E-state index contributed by atoms with van der Waals surface area (Å²) in [6.07, 6.45) is 1.81. The Kier molecular flexibility index (Phi) is 3.86. The molecule has 0 saturated carbocycles. The van der Waals surface area contributed by atoms with E-state index in [4.69, 9.17) is 0 Å². The number of hydrogen-bond acceptors (Lipinski definition) is 1. The fourth-order valence-corrected chi connectivity index (χ4v) is 1.02. The van der Waals surface area contributed by atoms with E-state index in [1.165, 1.54) is 5.39 Å². The number of benzene rings is 1. The van der Waals surface area contributed by atoms with Gasteiger partial charge in [-0.15, -0.1) is 0 Å². The predicted molar refractivity (Wildman–Crippen MR) is 47.9 cm³/mol. The molecule has 64 valence electrons. The second kappa shape index (κ2) is 4.41. The first kappa shape index (κ1) is 10.5. The van der Waals surface area contributed by atoms with Crippen LogP contribution < -0.4 is 0 Å². The van der Waals surface area contributed by atoms with Gasteiger partial charge in [0.05, 0.1) is 5.52 Å². The number of nitrogens with zero attached hydrogens (tertiary/aromatic N) is 1. The highest BCUT2D eigenvalue weighted by Gasteiger charge is 1.86. The molecule has 0 aliphatic rings. The average molecular weight is 167 g/mol. The first-order valence-electron chi connectivity index (χ1n) is 3.26. The van der Waals surface area contributed by atoms with Gasteiger partial charge in [-0.1, -0.05) is 24.3 Å². The molecule has 0 saturated heterocycles. The molecular weight excluding hydrogens is 157 g/mol. The molecule has 0 spiro atoms. The first-order chi connectivity index (χ1) is 4.97. The van der Waals surface area contributed by atoms with E-state index in [1.54, 1.807) is 0 Å². The third-order valence-corrected chi connectivity index (χ3v) is 1.51. The van der Waals surface area contributed by atoms with Gasteiger partial charge in [0.15, 0.2) is 0 Å². The van der Waals surface area contributed by atoms with Crippen molar-refractivity contribution in [1.29, 1.82) is 0 Å². The van der Waals surface area contributed by atoms with E-state index < -0.39 is 0 Å². The van der Waals surface area contributed by atoms with Crippen molar-refractivity contribution >= 4 is 10.9 Å². The lowest BCUT2D eigenvalue weighted by atomic mass is 10.2. The van der Waals surface area contributed by atoms with Crippen LogP contribution in [0.25, 0.3) is 10.9 Å². The highest BCUT2D eigenvalue weighted by Crippen LogP contribution is 2.07. The summed E-state index contributed by atoms with van der Waals surface area (Å²) in [6, 6.07) is 12.1. The molecule has 0 bridgehead atoms. The molecule has 0 unspecified atom stereocenters. The number of fused-ring (bicyclic) bond motifs is 1. The monoisotopic (exact) mass is 167 g/mol. The number of hydrogen-bond donors (Lipinski definition) is 0. The molecule has 0 radical (unpaired) electrons. The Hall–Kier alpha value is -1.48. The number of halogens is 1. The van der Waals surface area contributed by atoms with E-state index in [0.29, 0.717) is 0 Å². The molecule has 2 rings (SSSR count). The van der Waals surface area contributed by atoms with Crippen molar-refractivity contribution in [3.63, 3.8) is 0 Å². The molecule has 3 heteroatoms. The maximum absolute atomic E-state index is 4.18. The van der Waals surface area contributed by atoms with E-state index in [-0.39, 0.29) is 10.2 Å².